The minimum Gasteiger partial charge on any atom is -0.376 e. The van der Waals surface area contributed by atoms with Crippen LogP contribution in [-0.2, 0) is 18.3 Å². The van der Waals surface area contributed by atoms with E-state index in [9.17, 15) is 0 Å². The molecule has 1 aromatic heterocycles. The normalized spacial score (nSPS) is 24.0. The number of aryl methyl sites for hydroxylation is 1. The van der Waals surface area contributed by atoms with Crippen LogP contribution < -0.4 is 5.32 Å². The fourth-order valence-corrected chi connectivity index (χ4v) is 3.90. The van der Waals surface area contributed by atoms with Crippen molar-refractivity contribution in [1.82, 2.24) is 25.0 Å². The molecule has 2 aliphatic heterocycles. The second-order valence-corrected chi connectivity index (χ2v) is 8.11. The molecule has 0 aliphatic carbocycles. The third-order valence-corrected chi connectivity index (χ3v) is 5.45. The summed E-state index contributed by atoms with van der Waals surface area (Å²) in [7, 11) is 1.99. The van der Waals surface area contributed by atoms with Crippen molar-refractivity contribution in [2.45, 2.75) is 59.1 Å². The zero-order valence-corrected chi connectivity index (χ0v) is 16.7. The van der Waals surface area contributed by atoms with Crippen LogP contribution in [0.25, 0.3) is 0 Å². The van der Waals surface area contributed by atoms with E-state index in [1.54, 1.807) is 0 Å². The molecular weight excluding hydrogens is 328 g/mol. The number of likely N-dealkylation sites (tertiary alicyclic amines) is 1. The zero-order chi connectivity index (χ0) is 18.5. The Labute approximate surface area is 157 Å². The van der Waals surface area contributed by atoms with Crippen molar-refractivity contribution in [2.75, 3.05) is 26.2 Å². The van der Waals surface area contributed by atoms with E-state index in [-0.39, 0.29) is 0 Å². The van der Waals surface area contributed by atoms with Gasteiger partial charge in [0.2, 0.25) is 0 Å². The van der Waals surface area contributed by atoms with Gasteiger partial charge in [-0.1, -0.05) is 13.8 Å². The maximum absolute atomic E-state index is 5.76. The zero-order valence-electron chi connectivity index (χ0n) is 16.7. The Kier molecular flexibility index (Phi) is 6.51. The molecule has 0 radical (unpaired) electrons. The number of aromatic nitrogens is 3. The number of nitrogens with one attached hydrogen (secondary N) is 1. The first kappa shape index (κ1) is 19.1. The smallest absolute Gasteiger partial charge is 0.194 e. The van der Waals surface area contributed by atoms with Crippen molar-refractivity contribution < 1.29 is 4.74 Å². The van der Waals surface area contributed by atoms with E-state index in [0.29, 0.717) is 12.6 Å². The average Bonchev–Trinajstić information content (AvgIpc) is 3.33. The number of guanidine groups is 1. The maximum atomic E-state index is 5.76. The van der Waals surface area contributed by atoms with Crippen molar-refractivity contribution in [3.8, 4) is 0 Å². The van der Waals surface area contributed by atoms with Gasteiger partial charge in [-0.15, -0.1) is 10.2 Å². The third kappa shape index (κ3) is 4.96. The molecule has 26 heavy (non-hydrogen) atoms. The highest BCUT2D eigenvalue weighted by atomic mass is 16.5. The molecule has 2 fully saturated rings. The van der Waals surface area contributed by atoms with E-state index in [4.69, 9.17) is 9.73 Å². The summed E-state index contributed by atoms with van der Waals surface area (Å²) in [5.74, 6) is 4.33. The predicted octanol–water partition coefficient (Wildman–Crippen LogP) is 2.12. The summed E-state index contributed by atoms with van der Waals surface area (Å²) in [5, 5.41) is 11.9. The lowest BCUT2D eigenvalue weighted by atomic mass is 9.97. The summed E-state index contributed by atoms with van der Waals surface area (Å²) >= 11 is 0. The van der Waals surface area contributed by atoms with E-state index < -0.39 is 0 Å². The first-order valence-electron chi connectivity index (χ1n) is 10.0. The monoisotopic (exact) mass is 362 g/mol. The van der Waals surface area contributed by atoms with E-state index in [1.165, 1.54) is 12.8 Å². The van der Waals surface area contributed by atoms with Crippen LogP contribution in [0.2, 0.25) is 0 Å². The van der Waals surface area contributed by atoms with E-state index in [1.807, 2.05) is 18.5 Å². The van der Waals surface area contributed by atoms with Crippen molar-refractivity contribution in [1.29, 1.82) is 0 Å². The Bertz CT molecular complexity index is 605. The van der Waals surface area contributed by atoms with Crippen molar-refractivity contribution in [3.05, 3.63) is 11.6 Å². The van der Waals surface area contributed by atoms with Crippen LogP contribution in [0, 0.1) is 18.8 Å². The lowest BCUT2D eigenvalue weighted by molar-refractivity contribution is 0.113. The Hall–Kier alpha value is -1.63. The summed E-state index contributed by atoms with van der Waals surface area (Å²) in [6.07, 6.45) is 5.15. The van der Waals surface area contributed by atoms with Gasteiger partial charge < -0.3 is 19.5 Å². The summed E-state index contributed by atoms with van der Waals surface area (Å²) in [4.78, 5) is 7.29. The first-order chi connectivity index (χ1) is 12.5. The predicted molar refractivity (Wildman–Crippen MR) is 103 cm³/mol. The molecule has 2 unspecified atom stereocenters. The largest absolute Gasteiger partial charge is 0.376 e. The van der Waals surface area contributed by atoms with Crippen LogP contribution in [0.15, 0.2) is 4.99 Å². The standard InChI is InChI=1S/C19H34N6O/c1-14(2)10-16-7-8-25(13-16)19(20-11-17-6-5-9-26-17)21-12-18-23-22-15(3)24(18)4/h14,16-17H,5-13H2,1-4H3,(H,20,21). The molecule has 0 spiro atoms. The lowest BCUT2D eigenvalue weighted by Gasteiger charge is -2.24. The van der Waals surface area contributed by atoms with E-state index in [0.717, 1.165) is 68.5 Å². The van der Waals surface area contributed by atoms with Gasteiger partial charge in [0.25, 0.3) is 0 Å². The van der Waals surface area contributed by atoms with Crippen LogP contribution in [0.3, 0.4) is 0 Å². The number of rotatable bonds is 6. The van der Waals surface area contributed by atoms with Crippen molar-refractivity contribution in [2.24, 2.45) is 23.9 Å². The maximum Gasteiger partial charge on any atom is 0.194 e. The Morgan fingerprint density at radius 3 is 2.85 bits per heavy atom. The molecule has 1 N–H and O–H groups in total. The topological polar surface area (TPSA) is 67.6 Å². The minimum atomic E-state index is 0.311. The number of hydrogen-bond donors (Lipinski definition) is 1. The van der Waals surface area contributed by atoms with Gasteiger partial charge in [0, 0.05) is 33.3 Å². The number of aliphatic imine (C=N–C) groups is 1. The van der Waals surface area contributed by atoms with Crippen LogP contribution in [0.5, 0.6) is 0 Å². The highest BCUT2D eigenvalue weighted by molar-refractivity contribution is 5.80. The highest BCUT2D eigenvalue weighted by Crippen LogP contribution is 2.23. The van der Waals surface area contributed by atoms with Gasteiger partial charge in [-0.05, 0) is 44.4 Å². The summed E-state index contributed by atoms with van der Waals surface area (Å²) in [6.45, 7) is 11.0. The Morgan fingerprint density at radius 1 is 1.35 bits per heavy atom. The van der Waals surface area contributed by atoms with Crippen LogP contribution >= 0.6 is 0 Å². The van der Waals surface area contributed by atoms with Crippen LogP contribution in [-0.4, -0.2) is 58.0 Å². The molecular formula is C19H34N6O. The number of ether oxygens (including phenoxy) is 1. The average molecular weight is 363 g/mol. The lowest BCUT2D eigenvalue weighted by Crippen LogP contribution is -2.43. The van der Waals surface area contributed by atoms with Gasteiger partial charge >= 0.3 is 0 Å². The molecule has 2 aliphatic rings. The van der Waals surface area contributed by atoms with Crippen molar-refractivity contribution in [3.63, 3.8) is 0 Å². The molecule has 0 aromatic carbocycles. The van der Waals surface area contributed by atoms with Gasteiger partial charge in [-0.2, -0.15) is 0 Å². The molecule has 2 atom stereocenters. The Morgan fingerprint density at radius 2 is 2.19 bits per heavy atom. The minimum absolute atomic E-state index is 0.311. The molecule has 3 heterocycles. The van der Waals surface area contributed by atoms with Crippen molar-refractivity contribution >= 4 is 5.96 Å². The molecule has 7 nitrogen and oxygen atoms in total. The van der Waals surface area contributed by atoms with Gasteiger partial charge in [-0.25, -0.2) is 4.99 Å². The van der Waals surface area contributed by atoms with Gasteiger partial charge in [0.15, 0.2) is 11.8 Å². The molecule has 0 bridgehead atoms. The van der Waals surface area contributed by atoms with Gasteiger partial charge in [0.05, 0.1) is 6.10 Å². The second kappa shape index (κ2) is 8.84. The fourth-order valence-electron chi connectivity index (χ4n) is 3.90. The quantitative estimate of drug-likeness (QED) is 0.620. The van der Waals surface area contributed by atoms with Gasteiger partial charge in [0.1, 0.15) is 12.4 Å². The second-order valence-electron chi connectivity index (χ2n) is 8.11. The van der Waals surface area contributed by atoms with E-state index >= 15 is 0 Å². The molecule has 0 amide bonds. The molecule has 146 valence electrons. The highest BCUT2D eigenvalue weighted by Gasteiger charge is 2.26. The molecule has 0 saturated carbocycles. The van der Waals surface area contributed by atoms with Gasteiger partial charge in [-0.3, -0.25) is 0 Å². The summed E-state index contributed by atoms with van der Waals surface area (Å²) in [5.41, 5.74) is 0. The number of nitrogens with zero attached hydrogens (tertiary/aromatic N) is 5. The number of hydrogen-bond acceptors (Lipinski definition) is 4. The summed E-state index contributed by atoms with van der Waals surface area (Å²) in [6, 6.07) is 0. The summed E-state index contributed by atoms with van der Waals surface area (Å²) < 4.78 is 7.77. The van der Waals surface area contributed by atoms with Crippen LogP contribution in [0.4, 0.5) is 0 Å². The molecule has 2 saturated heterocycles. The molecule has 3 rings (SSSR count). The van der Waals surface area contributed by atoms with Crippen LogP contribution in [0.1, 0.15) is 51.2 Å². The first-order valence-corrected chi connectivity index (χ1v) is 10.0. The van der Waals surface area contributed by atoms with E-state index in [2.05, 4.69) is 34.3 Å². The Balaban J connectivity index is 1.64. The fraction of sp³-hybridized carbons (Fsp3) is 0.842. The SMILES string of the molecule is Cc1nnc(CN=C(NCC2CCCO2)N2CCC(CC(C)C)C2)n1C. The molecule has 1 aromatic rings. The third-order valence-electron chi connectivity index (χ3n) is 5.45. The molecule has 7 heteroatoms.